The Bertz CT molecular complexity index is 499. The van der Waals surface area contributed by atoms with E-state index in [1.54, 1.807) is 0 Å². The second-order valence-electron chi connectivity index (χ2n) is 10.2. The van der Waals surface area contributed by atoms with Gasteiger partial charge in [0.25, 0.3) is 0 Å². The van der Waals surface area contributed by atoms with E-state index in [1.165, 1.54) is 64.2 Å². The molecule has 0 atom stereocenters. The number of hydrogen-bond acceptors (Lipinski definition) is 3. The van der Waals surface area contributed by atoms with Crippen LogP contribution in [0.25, 0.3) is 0 Å². The number of nitrogens with zero attached hydrogens (tertiary/aromatic N) is 1. The normalized spacial score (nSPS) is 12.2. The van der Waals surface area contributed by atoms with Crippen molar-refractivity contribution >= 4 is 5.97 Å². The largest absolute Gasteiger partial charge is 0.460 e. The number of carbonyl (C=O) groups is 1. The molecule has 0 aliphatic rings. The fourth-order valence-electron chi connectivity index (χ4n) is 3.81. The number of esters is 1. The van der Waals surface area contributed by atoms with Crippen molar-refractivity contribution in [3.05, 3.63) is 24.3 Å². The SMILES string of the molecule is CC/C=C/CCCCCCCCOCC[N+](C)(C)CCOC(=O)CCCCCCC/C=C/CC. The number of rotatable bonds is 25. The van der Waals surface area contributed by atoms with E-state index in [4.69, 9.17) is 9.47 Å². The Labute approximate surface area is 212 Å². The van der Waals surface area contributed by atoms with Crippen molar-refractivity contribution < 1.29 is 18.8 Å². The molecule has 0 fully saturated rings. The molecule has 0 saturated heterocycles. The Balaban J connectivity index is 3.47. The third-order valence-electron chi connectivity index (χ3n) is 6.27. The highest BCUT2D eigenvalue weighted by Gasteiger charge is 2.15. The Morgan fingerprint density at radius 2 is 1.12 bits per heavy atom. The minimum Gasteiger partial charge on any atom is -0.460 e. The van der Waals surface area contributed by atoms with E-state index in [2.05, 4.69) is 52.2 Å². The highest BCUT2D eigenvalue weighted by atomic mass is 16.5. The lowest BCUT2D eigenvalue weighted by Crippen LogP contribution is -2.45. The highest BCUT2D eigenvalue weighted by molar-refractivity contribution is 5.69. The predicted molar refractivity (Wildman–Crippen MR) is 147 cm³/mol. The van der Waals surface area contributed by atoms with Crippen molar-refractivity contribution in [3.8, 4) is 0 Å². The molecule has 34 heavy (non-hydrogen) atoms. The molecule has 200 valence electrons. The van der Waals surface area contributed by atoms with Gasteiger partial charge >= 0.3 is 5.97 Å². The van der Waals surface area contributed by atoms with E-state index in [1.807, 2.05) is 0 Å². The fraction of sp³-hybridized carbons (Fsp3) is 0.833. The van der Waals surface area contributed by atoms with Crippen molar-refractivity contribution in [1.82, 2.24) is 0 Å². The summed E-state index contributed by atoms with van der Waals surface area (Å²) < 4.78 is 12.1. The minimum atomic E-state index is -0.0421. The van der Waals surface area contributed by atoms with Gasteiger partial charge in [-0.3, -0.25) is 4.79 Å². The molecule has 4 heteroatoms. The van der Waals surface area contributed by atoms with Gasteiger partial charge in [0.2, 0.25) is 0 Å². The molecule has 0 N–H and O–H groups in total. The molecule has 0 aromatic rings. The lowest BCUT2D eigenvalue weighted by molar-refractivity contribution is -0.890. The molecule has 0 unspecified atom stereocenters. The summed E-state index contributed by atoms with van der Waals surface area (Å²) >= 11 is 0. The fourth-order valence-corrected chi connectivity index (χ4v) is 3.81. The van der Waals surface area contributed by atoms with Gasteiger partial charge < -0.3 is 14.0 Å². The molecule has 0 radical (unpaired) electrons. The molecule has 0 amide bonds. The molecule has 0 heterocycles. The van der Waals surface area contributed by atoms with Crippen LogP contribution in [-0.2, 0) is 14.3 Å². The molecule has 0 rings (SSSR count). The standard InChI is InChI=1S/C30H58NO3/c1-5-7-9-11-13-15-17-19-21-23-27-33-28-25-31(3,4)26-29-34-30(32)24-22-20-18-16-14-12-10-8-6-2/h7-10H,5-6,11-29H2,1-4H3/q+1/b9-7+,10-8+. The van der Waals surface area contributed by atoms with Gasteiger partial charge in [0.05, 0.1) is 20.7 Å². The van der Waals surface area contributed by atoms with Gasteiger partial charge in [-0.2, -0.15) is 0 Å². The Kier molecular flexibility index (Phi) is 24.1. The van der Waals surface area contributed by atoms with Gasteiger partial charge in [0.1, 0.15) is 19.7 Å². The molecular formula is C30H58NO3+. The summed E-state index contributed by atoms with van der Waals surface area (Å²) in [6, 6.07) is 0. The van der Waals surface area contributed by atoms with Crippen molar-refractivity contribution in [2.75, 3.05) is 47.0 Å². The first-order valence-electron chi connectivity index (χ1n) is 14.4. The summed E-state index contributed by atoms with van der Waals surface area (Å²) in [5, 5.41) is 0. The number of quaternary nitrogens is 1. The number of hydrogen-bond donors (Lipinski definition) is 0. The summed E-state index contributed by atoms with van der Waals surface area (Å²) in [5.41, 5.74) is 0. The van der Waals surface area contributed by atoms with Crippen LogP contribution in [-0.4, -0.2) is 57.5 Å². The Morgan fingerprint density at radius 1 is 0.618 bits per heavy atom. The number of allylic oxidation sites excluding steroid dienone is 4. The topological polar surface area (TPSA) is 35.5 Å². The summed E-state index contributed by atoms with van der Waals surface area (Å²) in [6.07, 6.45) is 28.0. The Hall–Kier alpha value is -1.13. The van der Waals surface area contributed by atoms with Gasteiger partial charge in [-0.15, -0.1) is 0 Å². The van der Waals surface area contributed by atoms with Gasteiger partial charge in [-0.05, 0) is 51.4 Å². The molecule has 0 aromatic heterocycles. The van der Waals surface area contributed by atoms with E-state index in [9.17, 15) is 4.79 Å². The van der Waals surface area contributed by atoms with Crippen LogP contribution in [0.4, 0.5) is 0 Å². The zero-order valence-electron chi connectivity index (χ0n) is 23.3. The number of ether oxygens (including phenoxy) is 2. The van der Waals surface area contributed by atoms with E-state index in [-0.39, 0.29) is 5.97 Å². The van der Waals surface area contributed by atoms with Crippen LogP contribution in [0.5, 0.6) is 0 Å². The first kappa shape index (κ1) is 32.9. The number of carbonyl (C=O) groups excluding carboxylic acids is 1. The van der Waals surface area contributed by atoms with Crippen LogP contribution in [0.15, 0.2) is 24.3 Å². The molecule has 0 aromatic carbocycles. The molecule has 0 saturated carbocycles. The van der Waals surface area contributed by atoms with Crippen LogP contribution >= 0.6 is 0 Å². The lowest BCUT2D eigenvalue weighted by atomic mass is 10.1. The summed E-state index contributed by atoms with van der Waals surface area (Å²) in [4.78, 5) is 12.0. The summed E-state index contributed by atoms with van der Waals surface area (Å²) in [7, 11) is 4.37. The minimum absolute atomic E-state index is 0.0421. The van der Waals surface area contributed by atoms with Crippen molar-refractivity contribution in [1.29, 1.82) is 0 Å². The number of likely N-dealkylation sites (N-methyl/N-ethyl adjacent to an activating group) is 1. The first-order chi connectivity index (χ1) is 16.5. The van der Waals surface area contributed by atoms with E-state index >= 15 is 0 Å². The number of unbranched alkanes of at least 4 members (excludes halogenated alkanes) is 11. The zero-order chi connectivity index (χ0) is 25.2. The zero-order valence-corrected chi connectivity index (χ0v) is 23.3. The predicted octanol–water partition coefficient (Wildman–Crippen LogP) is 8.02. The quantitative estimate of drug-likeness (QED) is 0.0574. The van der Waals surface area contributed by atoms with Crippen LogP contribution in [0.1, 0.15) is 117 Å². The first-order valence-corrected chi connectivity index (χ1v) is 14.4. The van der Waals surface area contributed by atoms with Crippen molar-refractivity contribution in [2.24, 2.45) is 0 Å². The Morgan fingerprint density at radius 3 is 1.71 bits per heavy atom. The van der Waals surface area contributed by atoms with E-state index in [0.717, 1.165) is 62.9 Å². The van der Waals surface area contributed by atoms with Crippen LogP contribution in [0.3, 0.4) is 0 Å². The smallest absolute Gasteiger partial charge is 0.305 e. The molecule has 4 nitrogen and oxygen atoms in total. The maximum atomic E-state index is 12.0. The summed E-state index contributed by atoms with van der Waals surface area (Å²) in [6.45, 7) is 8.30. The van der Waals surface area contributed by atoms with Gasteiger partial charge in [-0.25, -0.2) is 0 Å². The lowest BCUT2D eigenvalue weighted by Gasteiger charge is -2.29. The maximum Gasteiger partial charge on any atom is 0.305 e. The molecule has 0 spiro atoms. The maximum absolute atomic E-state index is 12.0. The molecule has 0 bridgehead atoms. The van der Waals surface area contributed by atoms with Gasteiger partial charge in [0.15, 0.2) is 0 Å². The third kappa shape index (κ3) is 25.5. The second kappa shape index (κ2) is 25.0. The average molecular weight is 481 g/mol. The molecule has 0 aliphatic carbocycles. The van der Waals surface area contributed by atoms with Gasteiger partial charge in [0, 0.05) is 13.0 Å². The third-order valence-corrected chi connectivity index (χ3v) is 6.27. The average Bonchev–Trinajstić information content (AvgIpc) is 2.81. The van der Waals surface area contributed by atoms with Crippen molar-refractivity contribution in [3.63, 3.8) is 0 Å². The van der Waals surface area contributed by atoms with E-state index < -0.39 is 0 Å². The highest BCUT2D eigenvalue weighted by Crippen LogP contribution is 2.09. The second-order valence-corrected chi connectivity index (χ2v) is 10.2. The van der Waals surface area contributed by atoms with E-state index in [0.29, 0.717) is 13.0 Å². The van der Waals surface area contributed by atoms with Crippen LogP contribution < -0.4 is 0 Å². The van der Waals surface area contributed by atoms with Crippen LogP contribution in [0, 0.1) is 0 Å². The van der Waals surface area contributed by atoms with Crippen molar-refractivity contribution in [2.45, 2.75) is 117 Å². The van der Waals surface area contributed by atoms with Gasteiger partial charge in [-0.1, -0.05) is 83.1 Å². The summed E-state index contributed by atoms with van der Waals surface area (Å²) in [5.74, 6) is -0.0421. The monoisotopic (exact) mass is 480 g/mol. The molecule has 0 aliphatic heterocycles. The van der Waals surface area contributed by atoms with Crippen LogP contribution in [0.2, 0.25) is 0 Å². The molecular weight excluding hydrogens is 422 g/mol.